The fraction of sp³-hybridized carbons (Fsp3) is 0. The van der Waals surface area contributed by atoms with Crippen molar-refractivity contribution in [3.8, 4) is 0 Å². The largest absolute Gasteiger partial charge is 2.00 e. The van der Waals surface area contributed by atoms with Gasteiger partial charge in [-0.25, -0.2) is 0 Å². The van der Waals surface area contributed by atoms with Gasteiger partial charge in [-0.05, 0) is 0 Å². The maximum absolute atomic E-state index is 8.74. The first kappa shape index (κ1) is 148. The third-order valence-corrected chi connectivity index (χ3v) is 0. The summed E-state index contributed by atoms with van der Waals surface area (Å²) < 4.78 is 31.6. The first-order valence-corrected chi connectivity index (χ1v) is 2.10. The van der Waals surface area contributed by atoms with Crippen LogP contribution in [0.5, 0.6) is 0 Å². The normalized spacial score (nSPS) is 3.62. The van der Waals surface area contributed by atoms with Crippen LogP contribution < -0.4 is 0 Å². The number of hydrogen-bond donors (Lipinski definition) is 2. The van der Waals surface area contributed by atoms with Gasteiger partial charge in [0.25, 0.3) is 0 Å². The molecule has 0 fully saturated rings. The molecule has 0 aliphatic carbocycles. The minimum atomic E-state index is -4.67. The van der Waals surface area contributed by atoms with E-state index in [4.69, 9.17) is 17.5 Å². The summed E-state index contributed by atoms with van der Waals surface area (Å²) in [5, 5.41) is 0. The number of halogens is 1. The van der Waals surface area contributed by atoms with Crippen LogP contribution in [-0.4, -0.2) is 122 Å². The topological polar surface area (TPSA) is 327 Å². The van der Waals surface area contributed by atoms with Gasteiger partial charge in [-0.3, -0.25) is 9.11 Å². The Balaban J connectivity index is -0.000000000762. The molecule has 0 unspecified atom stereocenters. The Hall–Kier alpha value is 1.87. The van der Waals surface area contributed by atoms with Crippen molar-refractivity contribution in [3.63, 3.8) is 0 Å². The van der Waals surface area contributed by atoms with E-state index < -0.39 is 10.4 Å². The SMILES string of the molecule is Cl.O.O.O.O.O.O.O.O.O=S(=O)(O)O.[Ca+2].[H-].[H-].[H-].[H-].[Mg+2]. The van der Waals surface area contributed by atoms with E-state index in [1.807, 2.05) is 0 Å². The molecule has 0 rings (SSSR count). The molecule has 0 aliphatic heterocycles. The molecule has 16 heteroatoms. The Labute approximate surface area is 149 Å². The summed E-state index contributed by atoms with van der Waals surface area (Å²) in [7, 11) is -4.67. The van der Waals surface area contributed by atoms with E-state index in [1.54, 1.807) is 0 Å². The summed E-state index contributed by atoms with van der Waals surface area (Å²) in [5.74, 6) is 0. The van der Waals surface area contributed by atoms with Crippen molar-refractivity contribution in [1.82, 2.24) is 0 Å². The summed E-state index contributed by atoms with van der Waals surface area (Å²) in [6.07, 6.45) is 0. The van der Waals surface area contributed by atoms with Crippen LogP contribution in [0.1, 0.15) is 5.71 Å². The molecule has 16 heavy (non-hydrogen) atoms. The molecule has 0 saturated carbocycles. The van der Waals surface area contributed by atoms with Crippen LogP contribution in [0.2, 0.25) is 0 Å². The van der Waals surface area contributed by atoms with Crippen molar-refractivity contribution in [2.45, 2.75) is 0 Å². The van der Waals surface area contributed by atoms with E-state index in [1.165, 1.54) is 0 Å². The fourth-order valence-electron chi connectivity index (χ4n) is 0. The van der Waals surface area contributed by atoms with Gasteiger partial charge in [0.15, 0.2) is 0 Å². The van der Waals surface area contributed by atoms with Gasteiger partial charge < -0.3 is 49.5 Å². The molecular formula is H23CaClMgO12S. The van der Waals surface area contributed by atoms with Crippen molar-refractivity contribution < 1.29 is 67.0 Å². The smallest absolute Gasteiger partial charge is 1.00 e. The molecule has 0 spiro atoms. The minimum absolute atomic E-state index is 0. The molecule has 0 radical (unpaired) electrons. The van der Waals surface area contributed by atoms with Gasteiger partial charge in [-0.15, -0.1) is 12.4 Å². The van der Waals surface area contributed by atoms with Crippen LogP contribution in [-0.2, 0) is 10.4 Å². The summed E-state index contributed by atoms with van der Waals surface area (Å²) in [6, 6.07) is 0. The predicted octanol–water partition coefficient (Wildman–Crippen LogP) is -7.14. The first-order chi connectivity index (χ1) is 2.00. The third kappa shape index (κ3) is 1010. The Morgan fingerprint density at radius 3 is 0.688 bits per heavy atom. The standard InChI is InChI=1S/Ca.ClH.Mg.H2O4S.8H2O.4H/c;;;1-5(2,3)4;;;;;;;;;;;;/h;1H;;(H2,1,2,3,4);8*1H2;;;;/q+2;;+2;;;;;;;;;;4*-1. The Morgan fingerprint density at radius 2 is 0.688 bits per heavy atom. The van der Waals surface area contributed by atoms with E-state index in [0.29, 0.717) is 0 Å². The first-order valence-electron chi connectivity index (χ1n) is 0.698. The summed E-state index contributed by atoms with van der Waals surface area (Å²) in [4.78, 5) is 0. The van der Waals surface area contributed by atoms with Gasteiger partial charge in [0.05, 0.1) is 0 Å². The second kappa shape index (κ2) is 68.6. The molecule has 0 aromatic rings. The Bertz CT molecular complexity index is 119. The van der Waals surface area contributed by atoms with E-state index in [2.05, 4.69) is 0 Å². The predicted molar refractivity (Wildman–Crippen MR) is 66.3 cm³/mol. The number of hydrogen-bond acceptors (Lipinski definition) is 2. The van der Waals surface area contributed by atoms with E-state index in [-0.39, 0.29) is 123 Å². The van der Waals surface area contributed by atoms with Crippen LogP contribution in [0.25, 0.3) is 0 Å². The van der Waals surface area contributed by atoms with Gasteiger partial charge in [0, 0.05) is 0 Å². The van der Waals surface area contributed by atoms with E-state index in [9.17, 15) is 0 Å². The van der Waals surface area contributed by atoms with Crippen LogP contribution in [0, 0.1) is 0 Å². The molecule has 0 amide bonds. The fourth-order valence-corrected chi connectivity index (χ4v) is 0. The zero-order valence-electron chi connectivity index (χ0n) is 11.9. The molecule has 0 bridgehead atoms. The van der Waals surface area contributed by atoms with Crippen LogP contribution in [0.3, 0.4) is 0 Å². The summed E-state index contributed by atoms with van der Waals surface area (Å²) >= 11 is 0. The van der Waals surface area contributed by atoms with Crippen molar-refractivity contribution in [3.05, 3.63) is 0 Å². The Kier molecular flexibility index (Phi) is 633. The Morgan fingerprint density at radius 1 is 0.688 bits per heavy atom. The molecule has 0 aromatic carbocycles. The van der Waals surface area contributed by atoms with Gasteiger partial charge >= 0.3 is 71.2 Å². The quantitative estimate of drug-likeness (QED) is 0.318. The van der Waals surface area contributed by atoms with Crippen molar-refractivity contribution in [2.24, 2.45) is 0 Å². The van der Waals surface area contributed by atoms with E-state index >= 15 is 0 Å². The zero-order chi connectivity index (χ0) is 4.50. The molecule has 112 valence electrons. The zero-order valence-corrected chi connectivity index (χ0v) is 13.2. The van der Waals surface area contributed by atoms with Gasteiger partial charge in [-0.2, -0.15) is 8.42 Å². The molecule has 0 atom stereocenters. The molecule has 0 heterocycles. The second-order valence-corrected chi connectivity index (χ2v) is 1.34. The van der Waals surface area contributed by atoms with Crippen LogP contribution in [0.15, 0.2) is 0 Å². The maximum atomic E-state index is 8.74. The third-order valence-electron chi connectivity index (χ3n) is 0. The van der Waals surface area contributed by atoms with Crippen molar-refractivity contribution >= 4 is 83.6 Å². The van der Waals surface area contributed by atoms with Crippen LogP contribution >= 0.6 is 12.4 Å². The minimum Gasteiger partial charge on any atom is -1.00 e. The number of rotatable bonds is 0. The van der Waals surface area contributed by atoms with Gasteiger partial charge in [-0.1, -0.05) is 0 Å². The molecule has 18 N–H and O–H groups in total. The average Bonchev–Trinajstić information content (AvgIpc) is 0.722. The monoisotopic (exact) mass is 346 g/mol. The summed E-state index contributed by atoms with van der Waals surface area (Å²) in [6.45, 7) is 0. The average molecular weight is 347 g/mol. The molecular weight excluding hydrogens is 324 g/mol. The van der Waals surface area contributed by atoms with Crippen LogP contribution in [0.4, 0.5) is 0 Å². The molecule has 12 nitrogen and oxygen atoms in total. The summed E-state index contributed by atoms with van der Waals surface area (Å²) in [5.41, 5.74) is 0. The van der Waals surface area contributed by atoms with Crippen molar-refractivity contribution in [2.75, 3.05) is 0 Å². The van der Waals surface area contributed by atoms with Gasteiger partial charge in [0.1, 0.15) is 0 Å². The molecule has 0 aliphatic rings. The van der Waals surface area contributed by atoms with E-state index in [0.717, 1.165) is 0 Å². The maximum Gasteiger partial charge on any atom is 2.00 e. The second-order valence-electron chi connectivity index (χ2n) is 0.448. The molecule has 0 aromatic heterocycles. The molecule has 0 saturated heterocycles. The van der Waals surface area contributed by atoms with Gasteiger partial charge in [0.2, 0.25) is 0 Å². The van der Waals surface area contributed by atoms with Crippen molar-refractivity contribution in [1.29, 1.82) is 0 Å².